The number of aromatic nitrogens is 2. The van der Waals surface area contributed by atoms with Crippen LogP contribution in [-0.2, 0) is 11.2 Å². The predicted octanol–water partition coefficient (Wildman–Crippen LogP) is 1.68. The summed E-state index contributed by atoms with van der Waals surface area (Å²) in [6.07, 6.45) is 6.40. The topological polar surface area (TPSA) is 46.9 Å². The van der Waals surface area contributed by atoms with E-state index in [-0.39, 0.29) is 11.4 Å². The van der Waals surface area contributed by atoms with E-state index in [1.165, 1.54) is 5.56 Å². The number of rotatable bonds is 3. The monoisotopic (exact) mass is 221 g/mol. The standard InChI is InChI=1S/C12H19N3O/c1-9(2)15-8-10(7-13-15)6-12(3)5-4-11(16)14-12/h7-9H,4-6H2,1-3H3,(H,14,16). The van der Waals surface area contributed by atoms with Crippen molar-refractivity contribution in [2.45, 2.75) is 51.6 Å². The molecule has 1 fully saturated rings. The molecular weight excluding hydrogens is 202 g/mol. The molecule has 0 saturated carbocycles. The van der Waals surface area contributed by atoms with Crippen LogP contribution in [-0.4, -0.2) is 21.2 Å². The summed E-state index contributed by atoms with van der Waals surface area (Å²) in [6, 6.07) is 0.389. The Labute approximate surface area is 96.0 Å². The molecule has 16 heavy (non-hydrogen) atoms. The van der Waals surface area contributed by atoms with E-state index in [9.17, 15) is 4.79 Å². The average molecular weight is 221 g/mol. The fraction of sp³-hybridized carbons (Fsp3) is 0.667. The largest absolute Gasteiger partial charge is 0.351 e. The summed E-state index contributed by atoms with van der Waals surface area (Å²) in [5.74, 6) is 0.166. The fourth-order valence-electron chi connectivity index (χ4n) is 2.19. The molecule has 88 valence electrons. The van der Waals surface area contributed by atoms with Crippen LogP contribution in [0.25, 0.3) is 0 Å². The van der Waals surface area contributed by atoms with E-state index in [0.29, 0.717) is 12.5 Å². The molecule has 1 unspecified atom stereocenters. The van der Waals surface area contributed by atoms with Gasteiger partial charge >= 0.3 is 0 Å². The molecule has 0 bridgehead atoms. The lowest BCUT2D eigenvalue weighted by Crippen LogP contribution is -2.40. The molecule has 1 atom stereocenters. The van der Waals surface area contributed by atoms with E-state index in [1.54, 1.807) is 0 Å². The number of amides is 1. The van der Waals surface area contributed by atoms with E-state index in [0.717, 1.165) is 12.8 Å². The summed E-state index contributed by atoms with van der Waals surface area (Å²) in [7, 11) is 0. The van der Waals surface area contributed by atoms with Gasteiger partial charge < -0.3 is 5.32 Å². The smallest absolute Gasteiger partial charge is 0.220 e. The fourth-order valence-corrected chi connectivity index (χ4v) is 2.19. The van der Waals surface area contributed by atoms with Gasteiger partial charge in [0.15, 0.2) is 0 Å². The maximum Gasteiger partial charge on any atom is 0.220 e. The third-order valence-electron chi connectivity index (χ3n) is 3.12. The zero-order valence-electron chi connectivity index (χ0n) is 10.2. The van der Waals surface area contributed by atoms with Crippen LogP contribution >= 0.6 is 0 Å². The van der Waals surface area contributed by atoms with Crippen molar-refractivity contribution < 1.29 is 4.79 Å². The van der Waals surface area contributed by atoms with E-state index in [4.69, 9.17) is 0 Å². The minimum atomic E-state index is -0.0814. The predicted molar refractivity (Wildman–Crippen MR) is 62.1 cm³/mol. The van der Waals surface area contributed by atoms with Crippen molar-refractivity contribution in [3.63, 3.8) is 0 Å². The molecule has 1 aliphatic rings. The Morgan fingerprint density at radius 3 is 2.88 bits per heavy atom. The number of carbonyl (C=O) groups excluding carboxylic acids is 1. The third kappa shape index (κ3) is 2.26. The number of carbonyl (C=O) groups is 1. The van der Waals surface area contributed by atoms with Crippen LogP contribution in [0.5, 0.6) is 0 Å². The van der Waals surface area contributed by atoms with Gasteiger partial charge in [-0.3, -0.25) is 9.48 Å². The van der Waals surface area contributed by atoms with Gasteiger partial charge in [-0.05, 0) is 39.2 Å². The molecule has 1 aliphatic heterocycles. The van der Waals surface area contributed by atoms with Gasteiger partial charge in [-0.2, -0.15) is 5.10 Å². The maximum absolute atomic E-state index is 11.2. The molecule has 0 spiro atoms. The zero-order chi connectivity index (χ0) is 11.8. The van der Waals surface area contributed by atoms with Crippen LogP contribution < -0.4 is 5.32 Å². The van der Waals surface area contributed by atoms with Crippen molar-refractivity contribution in [3.8, 4) is 0 Å². The minimum Gasteiger partial charge on any atom is -0.351 e. The van der Waals surface area contributed by atoms with Gasteiger partial charge in [-0.25, -0.2) is 0 Å². The average Bonchev–Trinajstić information content (AvgIpc) is 2.74. The zero-order valence-corrected chi connectivity index (χ0v) is 10.2. The molecule has 0 radical (unpaired) electrons. The summed E-state index contributed by atoms with van der Waals surface area (Å²) < 4.78 is 1.95. The van der Waals surface area contributed by atoms with Gasteiger partial charge in [0, 0.05) is 24.2 Å². The normalized spacial score (nSPS) is 25.1. The Hall–Kier alpha value is -1.32. The quantitative estimate of drug-likeness (QED) is 0.844. The molecule has 0 aromatic carbocycles. The lowest BCUT2D eigenvalue weighted by molar-refractivity contribution is -0.119. The third-order valence-corrected chi connectivity index (χ3v) is 3.12. The highest BCUT2D eigenvalue weighted by atomic mass is 16.2. The molecule has 1 saturated heterocycles. The second-order valence-corrected chi connectivity index (χ2v) is 5.21. The van der Waals surface area contributed by atoms with Gasteiger partial charge in [-0.1, -0.05) is 0 Å². The highest BCUT2D eigenvalue weighted by Gasteiger charge is 2.33. The van der Waals surface area contributed by atoms with E-state index >= 15 is 0 Å². The Kier molecular flexibility index (Phi) is 2.74. The van der Waals surface area contributed by atoms with Crippen LogP contribution in [0.1, 0.15) is 45.2 Å². The number of hydrogen-bond donors (Lipinski definition) is 1. The van der Waals surface area contributed by atoms with Crippen LogP contribution in [0.2, 0.25) is 0 Å². The number of nitrogens with one attached hydrogen (secondary N) is 1. The van der Waals surface area contributed by atoms with Gasteiger partial charge in [0.05, 0.1) is 6.20 Å². The second-order valence-electron chi connectivity index (χ2n) is 5.21. The van der Waals surface area contributed by atoms with E-state index < -0.39 is 0 Å². The molecule has 2 rings (SSSR count). The lowest BCUT2D eigenvalue weighted by atomic mass is 9.93. The summed E-state index contributed by atoms with van der Waals surface area (Å²) in [4.78, 5) is 11.2. The maximum atomic E-state index is 11.2. The SMILES string of the molecule is CC(C)n1cc(CC2(C)CCC(=O)N2)cn1. The summed E-state index contributed by atoms with van der Waals surface area (Å²) >= 11 is 0. The van der Waals surface area contributed by atoms with E-state index in [1.807, 2.05) is 10.9 Å². The first-order chi connectivity index (χ1) is 7.48. The van der Waals surface area contributed by atoms with Crippen molar-refractivity contribution in [1.82, 2.24) is 15.1 Å². The first-order valence-corrected chi connectivity index (χ1v) is 5.82. The molecule has 2 heterocycles. The highest BCUT2D eigenvalue weighted by Crippen LogP contribution is 2.24. The van der Waals surface area contributed by atoms with Crippen LogP contribution in [0.3, 0.4) is 0 Å². The van der Waals surface area contributed by atoms with Gasteiger partial charge in [0.1, 0.15) is 0 Å². The second kappa shape index (κ2) is 3.92. The molecule has 1 amide bonds. The van der Waals surface area contributed by atoms with Crippen LogP contribution in [0.15, 0.2) is 12.4 Å². The van der Waals surface area contributed by atoms with Crippen LogP contribution in [0.4, 0.5) is 0 Å². The van der Waals surface area contributed by atoms with Crippen molar-refractivity contribution in [3.05, 3.63) is 18.0 Å². The number of hydrogen-bond acceptors (Lipinski definition) is 2. The molecule has 4 nitrogen and oxygen atoms in total. The first-order valence-electron chi connectivity index (χ1n) is 5.82. The molecule has 1 N–H and O–H groups in total. The van der Waals surface area contributed by atoms with Crippen LogP contribution in [0, 0.1) is 0 Å². The molecule has 1 aromatic rings. The van der Waals surface area contributed by atoms with Crippen molar-refractivity contribution >= 4 is 5.91 Å². The highest BCUT2D eigenvalue weighted by molar-refractivity contribution is 5.79. The van der Waals surface area contributed by atoms with Crippen molar-refractivity contribution in [1.29, 1.82) is 0 Å². The van der Waals surface area contributed by atoms with Gasteiger partial charge in [0.2, 0.25) is 5.91 Å². The van der Waals surface area contributed by atoms with Gasteiger partial charge in [0.25, 0.3) is 0 Å². The molecule has 4 heteroatoms. The Bertz CT molecular complexity index is 397. The molecule has 0 aliphatic carbocycles. The Morgan fingerprint density at radius 2 is 2.38 bits per heavy atom. The molecule has 1 aromatic heterocycles. The number of nitrogens with zero attached hydrogens (tertiary/aromatic N) is 2. The minimum absolute atomic E-state index is 0.0814. The van der Waals surface area contributed by atoms with Crippen molar-refractivity contribution in [2.24, 2.45) is 0 Å². The molecular formula is C12H19N3O. The Morgan fingerprint density at radius 1 is 1.62 bits per heavy atom. The van der Waals surface area contributed by atoms with Gasteiger partial charge in [-0.15, -0.1) is 0 Å². The Balaban J connectivity index is 2.06. The van der Waals surface area contributed by atoms with Crippen molar-refractivity contribution in [2.75, 3.05) is 0 Å². The lowest BCUT2D eigenvalue weighted by Gasteiger charge is -2.22. The summed E-state index contributed by atoms with van der Waals surface area (Å²) in [5, 5.41) is 7.35. The first kappa shape index (κ1) is 11.2. The van der Waals surface area contributed by atoms with E-state index in [2.05, 4.69) is 37.4 Å². The summed E-state index contributed by atoms with van der Waals surface area (Å²) in [5.41, 5.74) is 1.11. The summed E-state index contributed by atoms with van der Waals surface area (Å²) in [6.45, 7) is 6.32.